The lowest BCUT2D eigenvalue weighted by molar-refractivity contribution is 0.244. The lowest BCUT2D eigenvalue weighted by Crippen LogP contribution is -2.53. The standard InChI is InChI=1S/C13H29N3O2S/c1-4-8-12(5-2)15-19(17,18)16-10-7-6-9-13(16)11-14-3/h12-15H,4-11H2,1-3H3. The normalized spacial score (nSPS) is 23.4. The first-order valence-corrected chi connectivity index (χ1v) is 8.92. The molecule has 0 radical (unpaired) electrons. The molecule has 1 rings (SSSR count). The Bertz CT molecular complexity index is 344. The van der Waals surface area contributed by atoms with Gasteiger partial charge in [-0.2, -0.15) is 17.4 Å². The summed E-state index contributed by atoms with van der Waals surface area (Å²) in [5, 5.41) is 3.10. The van der Waals surface area contributed by atoms with E-state index < -0.39 is 10.2 Å². The molecule has 114 valence electrons. The third-order valence-corrected chi connectivity index (χ3v) is 5.50. The molecular formula is C13H29N3O2S. The van der Waals surface area contributed by atoms with Crippen molar-refractivity contribution in [2.24, 2.45) is 0 Å². The number of likely N-dealkylation sites (N-methyl/N-ethyl adjacent to an activating group) is 1. The van der Waals surface area contributed by atoms with Crippen molar-refractivity contribution >= 4 is 10.2 Å². The van der Waals surface area contributed by atoms with Crippen LogP contribution in [0.4, 0.5) is 0 Å². The molecule has 19 heavy (non-hydrogen) atoms. The molecule has 1 heterocycles. The molecule has 1 fully saturated rings. The molecule has 5 nitrogen and oxygen atoms in total. The topological polar surface area (TPSA) is 61.4 Å². The van der Waals surface area contributed by atoms with Gasteiger partial charge in [0.2, 0.25) is 0 Å². The quantitative estimate of drug-likeness (QED) is 0.712. The number of nitrogens with one attached hydrogen (secondary N) is 2. The van der Waals surface area contributed by atoms with Crippen molar-refractivity contribution in [1.29, 1.82) is 0 Å². The highest BCUT2D eigenvalue weighted by Gasteiger charge is 2.32. The zero-order chi connectivity index (χ0) is 14.3. The number of hydrogen-bond donors (Lipinski definition) is 2. The average molecular weight is 291 g/mol. The van der Waals surface area contributed by atoms with Crippen molar-refractivity contribution in [2.75, 3.05) is 20.1 Å². The second-order valence-corrected chi connectivity index (χ2v) is 6.99. The van der Waals surface area contributed by atoms with E-state index in [1.54, 1.807) is 4.31 Å². The molecular weight excluding hydrogens is 262 g/mol. The van der Waals surface area contributed by atoms with Crippen LogP contribution in [0.2, 0.25) is 0 Å². The molecule has 2 N–H and O–H groups in total. The Balaban J connectivity index is 2.72. The minimum absolute atomic E-state index is 0.0622. The lowest BCUT2D eigenvalue weighted by atomic mass is 10.1. The van der Waals surface area contributed by atoms with Crippen LogP contribution in [0.25, 0.3) is 0 Å². The van der Waals surface area contributed by atoms with Gasteiger partial charge in [0.05, 0.1) is 0 Å². The van der Waals surface area contributed by atoms with Gasteiger partial charge in [-0.05, 0) is 32.7 Å². The van der Waals surface area contributed by atoms with Crippen molar-refractivity contribution in [3.05, 3.63) is 0 Å². The Labute approximate surface area is 118 Å². The predicted octanol–water partition coefficient (Wildman–Crippen LogP) is 1.47. The number of hydrogen-bond acceptors (Lipinski definition) is 3. The number of rotatable bonds is 8. The van der Waals surface area contributed by atoms with E-state index in [2.05, 4.69) is 17.0 Å². The van der Waals surface area contributed by atoms with Crippen molar-refractivity contribution in [3.63, 3.8) is 0 Å². The minimum Gasteiger partial charge on any atom is -0.318 e. The summed E-state index contributed by atoms with van der Waals surface area (Å²) in [6, 6.07) is 0.155. The summed E-state index contributed by atoms with van der Waals surface area (Å²) in [7, 11) is -1.47. The van der Waals surface area contributed by atoms with Crippen molar-refractivity contribution in [1.82, 2.24) is 14.3 Å². The van der Waals surface area contributed by atoms with Gasteiger partial charge in [0, 0.05) is 25.2 Å². The maximum absolute atomic E-state index is 12.5. The van der Waals surface area contributed by atoms with Gasteiger partial charge in [0.1, 0.15) is 0 Å². The van der Waals surface area contributed by atoms with Crippen LogP contribution >= 0.6 is 0 Å². The Kier molecular flexibility index (Phi) is 7.28. The Hall–Kier alpha value is -0.170. The predicted molar refractivity (Wildman–Crippen MR) is 79.3 cm³/mol. The SMILES string of the molecule is CCCC(CC)NS(=O)(=O)N1CCCCC1CNC. The van der Waals surface area contributed by atoms with Crippen LogP contribution < -0.4 is 10.0 Å². The second kappa shape index (κ2) is 8.19. The van der Waals surface area contributed by atoms with Crippen LogP contribution in [0.15, 0.2) is 0 Å². The molecule has 2 unspecified atom stereocenters. The van der Waals surface area contributed by atoms with E-state index in [0.717, 1.165) is 45.1 Å². The molecule has 6 heteroatoms. The Morgan fingerprint density at radius 2 is 2.05 bits per heavy atom. The van der Waals surface area contributed by atoms with Crippen molar-refractivity contribution in [2.45, 2.75) is 64.5 Å². The molecule has 1 saturated heterocycles. The third kappa shape index (κ3) is 5.02. The van der Waals surface area contributed by atoms with Crippen LogP contribution in [0.3, 0.4) is 0 Å². The van der Waals surface area contributed by atoms with E-state index in [4.69, 9.17) is 0 Å². The summed E-state index contributed by atoms with van der Waals surface area (Å²) in [5.74, 6) is 0. The highest BCUT2D eigenvalue weighted by atomic mass is 32.2. The fourth-order valence-corrected chi connectivity index (χ4v) is 4.49. The van der Waals surface area contributed by atoms with Gasteiger partial charge in [-0.25, -0.2) is 0 Å². The van der Waals surface area contributed by atoms with E-state index in [0.29, 0.717) is 6.54 Å². The first kappa shape index (κ1) is 16.9. The summed E-state index contributed by atoms with van der Waals surface area (Å²) < 4.78 is 29.5. The molecule has 0 spiro atoms. The largest absolute Gasteiger partial charge is 0.318 e. The molecule has 1 aliphatic heterocycles. The minimum atomic E-state index is -3.34. The summed E-state index contributed by atoms with van der Waals surface area (Å²) in [6.45, 7) is 5.49. The summed E-state index contributed by atoms with van der Waals surface area (Å²) in [4.78, 5) is 0. The molecule has 1 aliphatic rings. The van der Waals surface area contributed by atoms with Crippen LogP contribution in [-0.4, -0.2) is 44.9 Å². The maximum Gasteiger partial charge on any atom is 0.279 e. The lowest BCUT2D eigenvalue weighted by Gasteiger charge is -2.35. The zero-order valence-corrected chi connectivity index (χ0v) is 13.3. The monoisotopic (exact) mass is 291 g/mol. The van der Waals surface area contributed by atoms with Gasteiger partial charge < -0.3 is 5.32 Å². The zero-order valence-electron chi connectivity index (χ0n) is 12.5. The summed E-state index contributed by atoms with van der Waals surface area (Å²) in [5.41, 5.74) is 0. The molecule has 0 aromatic carbocycles. The van der Waals surface area contributed by atoms with E-state index in [1.165, 1.54) is 0 Å². The first-order valence-electron chi connectivity index (χ1n) is 7.48. The van der Waals surface area contributed by atoms with Gasteiger partial charge in [0.25, 0.3) is 10.2 Å². The molecule has 0 saturated carbocycles. The van der Waals surface area contributed by atoms with Crippen LogP contribution in [0.5, 0.6) is 0 Å². The van der Waals surface area contributed by atoms with Crippen molar-refractivity contribution < 1.29 is 8.42 Å². The maximum atomic E-state index is 12.5. The third-order valence-electron chi connectivity index (χ3n) is 3.77. The summed E-state index contributed by atoms with van der Waals surface area (Å²) in [6.07, 6.45) is 5.78. The first-order chi connectivity index (χ1) is 9.05. The van der Waals surface area contributed by atoms with E-state index >= 15 is 0 Å². The Morgan fingerprint density at radius 1 is 1.32 bits per heavy atom. The van der Waals surface area contributed by atoms with Gasteiger partial charge in [-0.1, -0.05) is 26.7 Å². The van der Waals surface area contributed by atoms with Crippen LogP contribution in [-0.2, 0) is 10.2 Å². The highest BCUT2D eigenvalue weighted by molar-refractivity contribution is 7.87. The van der Waals surface area contributed by atoms with Gasteiger partial charge in [-0.3, -0.25) is 0 Å². The fourth-order valence-electron chi connectivity index (χ4n) is 2.70. The van der Waals surface area contributed by atoms with E-state index in [9.17, 15) is 8.42 Å². The molecule has 2 atom stereocenters. The molecule has 0 aromatic rings. The van der Waals surface area contributed by atoms with Gasteiger partial charge in [0.15, 0.2) is 0 Å². The van der Waals surface area contributed by atoms with Gasteiger partial charge >= 0.3 is 0 Å². The number of nitrogens with zero attached hydrogens (tertiary/aromatic N) is 1. The summed E-state index contributed by atoms with van der Waals surface area (Å²) >= 11 is 0. The highest BCUT2D eigenvalue weighted by Crippen LogP contribution is 2.20. The van der Waals surface area contributed by atoms with E-state index in [-0.39, 0.29) is 12.1 Å². The molecule has 0 amide bonds. The fraction of sp³-hybridized carbons (Fsp3) is 1.00. The Morgan fingerprint density at radius 3 is 2.63 bits per heavy atom. The van der Waals surface area contributed by atoms with Crippen LogP contribution in [0, 0.1) is 0 Å². The molecule has 0 aliphatic carbocycles. The number of piperidine rings is 1. The van der Waals surface area contributed by atoms with Crippen molar-refractivity contribution in [3.8, 4) is 0 Å². The molecule has 0 aromatic heterocycles. The average Bonchev–Trinajstić information content (AvgIpc) is 2.39. The molecule has 0 bridgehead atoms. The van der Waals surface area contributed by atoms with Crippen LogP contribution in [0.1, 0.15) is 52.4 Å². The second-order valence-electron chi connectivity index (χ2n) is 5.33. The smallest absolute Gasteiger partial charge is 0.279 e. The van der Waals surface area contributed by atoms with E-state index in [1.807, 2.05) is 14.0 Å². The van der Waals surface area contributed by atoms with Gasteiger partial charge in [-0.15, -0.1) is 0 Å².